The monoisotopic (exact) mass is 506 g/mol. The summed E-state index contributed by atoms with van der Waals surface area (Å²) < 4.78 is 12.1. The Morgan fingerprint density at radius 2 is 1.97 bits per heavy atom. The number of morpholine rings is 1. The van der Waals surface area contributed by atoms with Gasteiger partial charge in [-0.3, -0.25) is 24.7 Å². The van der Waals surface area contributed by atoms with E-state index in [1.54, 1.807) is 4.90 Å². The van der Waals surface area contributed by atoms with Crippen molar-refractivity contribution in [1.29, 1.82) is 0 Å². The van der Waals surface area contributed by atoms with Crippen molar-refractivity contribution in [3.05, 3.63) is 58.1 Å². The van der Waals surface area contributed by atoms with E-state index < -0.39 is 4.92 Å². The van der Waals surface area contributed by atoms with E-state index in [2.05, 4.69) is 4.90 Å². The molecule has 2 heterocycles. The largest absolute Gasteiger partial charge is 0.492 e. The Morgan fingerprint density at radius 1 is 1.24 bits per heavy atom. The van der Waals surface area contributed by atoms with Crippen LogP contribution in [0.25, 0.3) is 10.2 Å². The molecular weight excluding hydrogens is 480 g/mol. The molecule has 0 atom stereocenters. The molecule has 0 bridgehead atoms. The van der Waals surface area contributed by atoms with Crippen LogP contribution < -0.4 is 9.64 Å². The second-order valence-electron chi connectivity index (χ2n) is 7.60. The highest BCUT2D eigenvalue weighted by Gasteiger charge is 2.23. The van der Waals surface area contributed by atoms with Crippen LogP contribution in [0.5, 0.6) is 5.75 Å². The van der Waals surface area contributed by atoms with E-state index in [0.29, 0.717) is 29.6 Å². The minimum absolute atomic E-state index is 0. The van der Waals surface area contributed by atoms with E-state index in [0.717, 1.165) is 49.5 Å². The quantitative estimate of drug-likeness (QED) is 0.313. The zero-order valence-corrected chi connectivity index (χ0v) is 20.5. The van der Waals surface area contributed by atoms with E-state index in [-0.39, 0.29) is 24.0 Å². The zero-order chi connectivity index (χ0) is 23.2. The molecule has 0 unspecified atom stereocenters. The molecule has 3 aromatic rings. The molecule has 34 heavy (non-hydrogen) atoms. The van der Waals surface area contributed by atoms with Crippen LogP contribution >= 0.6 is 23.7 Å². The van der Waals surface area contributed by atoms with Crippen LogP contribution in [-0.2, 0) is 4.74 Å². The van der Waals surface area contributed by atoms with Gasteiger partial charge < -0.3 is 9.47 Å². The van der Waals surface area contributed by atoms with E-state index >= 15 is 0 Å². The highest BCUT2D eigenvalue weighted by Crippen LogP contribution is 2.35. The summed E-state index contributed by atoms with van der Waals surface area (Å²) in [6.07, 6.45) is 0.771. The molecule has 1 saturated heterocycles. The minimum Gasteiger partial charge on any atom is -0.492 e. The lowest BCUT2D eigenvalue weighted by atomic mass is 10.2. The lowest BCUT2D eigenvalue weighted by molar-refractivity contribution is -0.384. The maximum atomic E-state index is 13.5. The molecule has 0 N–H and O–H groups in total. The van der Waals surface area contributed by atoms with Gasteiger partial charge in [-0.1, -0.05) is 17.4 Å². The van der Waals surface area contributed by atoms with Gasteiger partial charge in [0.15, 0.2) is 5.13 Å². The highest BCUT2D eigenvalue weighted by atomic mass is 35.5. The Balaban J connectivity index is 0.00000324. The van der Waals surface area contributed by atoms with Gasteiger partial charge in [0.1, 0.15) is 11.3 Å². The second kappa shape index (κ2) is 12.1. The number of hydrogen-bond donors (Lipinski definition) is 0. The van der Waals surface area contributed by atoms with Crippen molar-refractivity contribution in [2.45, 2.75) is 13.3 Å². The predicted molar refractivity (Wildman–Crippen MR) is 135 cm³/mol. The maximum Gasteiger partial charge on any atom is 0.269 e. The third-order valence-corrected chi connectivity index (χ3v) is 6.48. The van der Waals surface area contributed by atoms with Crippen molar-refractivity contribution in [1.82, 2.24) is 9.88 Å². The number of carbonyl (C=O) groups is 1. The number of rotatable bonds is 9. The fraction of sp³-hybridized carbons (Fsp3) is 0.391. The Labute approximate surface area is 207 Å². The van der Waals surface area contributed by atoms with Crippen LogP contribution in [0.3, 0.4) is 0 Å². The molecule has 1 aliphatic heterocycles. The Hall–Kier alpha value is -2.79. The van der Waals surface area contributed by atoms with Gasteiger partial charge in [-0.15, -0.1) is 12.4 Å². The number of carbonyl (C=O) groups excluding carboxylic acids is 1. The number of benzene rings is 2. The second-order valence-corrected chi connectivity index (χ2v) is 8.61. The van der Waals surface area contributed by atoms with Gasteiger partial charge in [-0.05, 0) is 37.6 Å². The molecule has 0 saturated carbocycles. The molecule has 0 spiro atoms. The molecule has 0 radical (unpaired) electrons. The first-order valence-electron chi connectivity index (χ1n) is 11.0. The molecule has 4 rings (SSSR count). The first-order valence-corrected chi connectivity index (χ1v) is 11.8. The number of non-ortho nitro benzene ring substituents is 1. The van der Waals surface area contributed by atoms with Crippen molar-refractivity contribution >= 4 is 50.7 Å². The van der Waals surface area contributed by atoms with Crippen molar-refractivity contribution in [2.75, 3.05) is 50.9 Å². The number of fused-ring (bicyclic) bond motifs is 1. The van der Waals surface area contributed by atoms with Crippen molar-refractivity contribution < 1.29 is 19.2 Å². The van der Waals surface area contributed by atoms with Gasteiger partial charge in [0, 0.05) is 43.9 Å². The summed E-state index contributed by atoms with van der Waals surface area (Å²) in [4.78, 5) is 32.7. The van der Waals surface area contributed by atoms with E-state index in [9.17, 15) is 14.9 Å². The van der Waals surface area contributed by atoms with Crippen LogP contribution in [0, 0.1) is 10.1 Å². The molecule has 9 nitrogen and oxygen atoms in total. The number of anilines is 1. The zero-order valence-electron chi connectivity index (χ0n) is 18.8. The molecule has 11 heteroatoms. The van der Waals surface area contributed by atoms with Gasteiger partial charge in [0.25, 0.3) is 11.6 Å². The first kappa shape index (κ1) is 25.8. The fourth-order valence-corrected chi connectivity index (χ4v) is 4.75. The lowest BCUT2D eigenvalue weighted by Crippen LogP contribution is -2.39. The average molecular weight is 507 g/mol. The number of thiazole rings is 1. The molecule has 2 aromatic carbocycles. The number of ether oxygens (including phenoxy) is 2. The SMILES string of the molecule is CCOc1cccc2sc(N(CCCN3CCOCC3)C(=O)c3ccc([N+](=O)[O-])cc3)nc12.Cl. The average Bonchev–Trinajstić information content (AvgIpc) is 3.27. The summed E-state index contributed by atoms with van der Waals surface area (Å²) in [5.74, 6) is 0.456. The van der Waals surface area contributed by atoms with Crippen molar-refractivity contribution in [2.24, 2.45) is 0 Å². The summed E-state index contributed by atoms with van der Waals surface area (Å²) >= 11 is 1.43. The van der Waals surface area contributed by atoms with Crippen molar-refractivity contribution in [3.63, 3.8) is 0 Å². The summed E-state index contributed by atoms with van der Waals surface area (Å²) in [5.41, 5.74) is 1.07. The minimum atomic E-state index is -0.475. The molecule has 1 amide bonds. The molecule has 1 aromatic heterocycles. The smallest absolute Gasteiger partial charge is 0.269 e. The molecule has 1 fully saturated rings. The first-order chi connectivity index (χ1) is 16.1. The third-order valence-electron chi connectivity index (χ3n) is 5.43. The number of nitro groups is 1. The molecule has 182 valence electrons. The van der Waals surface area contributed by atoms with E-state index in [1.807, 2.05) is 25.1 Å². The van der Waals surface area contributed by atoms with Gasteiger partial charge in [-0.25, -0.2) is 4.98 Å². The number of amides is 1. The van der Waals surface area contributed by atoms with Crippen LogP contribution in [0.1, 0.15) is 23.7 Å². The van der Waals surface area contributed by atoms with Gasteiger partial charge in [0.2, 0.25) is 0 Å². The summed E-state index contributed by atoms with van der Waals surface area (Å²) in [6, 6.07) is 11.4. The summed E-state index contributed by atoms with van der Waals surface area (Å²) in [7, 11) is 0. The van der Waals surface area contributed by atoms with Gasteiger partial charge in [0.05, 0.1) is 29.4 Å². The number of nitrogens with zero attached hydrogens (tertiary/aromatic N) is 4. The number of para-hydroxylation sites is 1. The van der Waals surface area contributed by atoms with E-state index in [4.69, 9.17) is 14.5 Å². The number of aromatic nitrogens is 1. The summed E-state index contributed by atoms with van der Waals surface area (Å²) in [5, 5.41) is 11.6. The van der Waals surface area contributed by atoms with Crippen molar-refractivity contribution in [3.8, 4) is 5.75 Å². The predicted octanol–water partition coefficient (Wildman–Crippen LogP) is 4.39. The van der Waals surface area contributed by atoms with Gasteiger partial charge in [-0.2, -0.15) is 0 Å². The van der Waals surface area contributed by atoms with Crippen LogP contribution in [0.4, 0.5) is 10.8 Å². The number of nitro benzene ring substituents is 1. The summed E-state index contributed by atoms with van der Waals surface area (Å²) in [6.45, 7) is 7.00. The maximum absolute atomic E-state index is 13.5. The number of halogens is 1. The molecule has 0 aliphatic carbocycles. The number of hydrogen-bond acceptors (Lipinski definition) is 8. The van der Waals surface area contributed by atoms with Gasteiger partial charge >= 0.3 is 0 Å². The van der Waals surface area contributed by atoms with E-state index in [1.165, 1.54) is 35.6 Å². The topological polar surface area (TPSA) is 98.0 Å². The molecular formula is C23H27ClN4O5S. The lowest BCUT2D eigenvalue weighted by Gasteiger charge is -2.27. The Bertz CT molecular complexity index is 1120. The molecule has 1 aliphatic rings. The van der Waals surface area contributed by atoms with Crippen LogP contribution in [0.2, 0.25) is 0 Å². The Morgan fingerprint density at radius 3 is 2.65 bits per heavy atom. The fourth-order valence-electron chi connectivity index (χ4n) is 3.74. The standard InChI is InChI=1S/C23H26N4O5S.ClH/c1-2-32-19-5-3-6-20-21(19)24-23(33-20)26(12-4-11-25-13-15-31-16-14-25)22(28)17-7-9-18(10-8-17)27(29)30;/h3,5-10H,2,4,11-16H2,1H3;1H. The van der Waals surface area contributed by atoms with Crippen LogP contribution in [0.15, 0.2) is 42.5 Å². The normalized spacial score (nSPS) is 13.9. The Kier molecular flexibility index (Phi) is 9.17. The van der Waals surface area contributed by atoms with Crippen LogP contribution in [-0.4, -0.2) is 66.7 Å². The highest BCUT2D eigenvalue weighted by molar-refractivity contribution is 7.22. The third kappa shape index (κ3) is 6.01.